The van der Waals surface area contributed by atoms with Crippen LogP contribution in [0.25, 0.3) is 0 Å². The molecule has 0 amide bonds. The number of carboxylic acid groups (broad SMARTS) is 1. The minimum atomic E-state index is -0.780. The maximum absolute atomic E-state index is 10.6. The molecule has 0 aromatic carbocycles. The fourth-order valence-electron chi connectivity index (χ4n) is 4.90. The van der Waals surface area contributed by atoms with Crippen molar-refractivity contribution in [1.29, 1.82) is 0 Å². The van der Waals surface area contributed by atoms with E-state index in [-0.39, 0.29) is 24.5 Å². The van der Waals surface area contributed by atoms with Crippen molar-refractivity contribution in [1.82, 2.24) is 0 Å². The summed E-state index contributed by atoms with van der Waals surface area (Å²) in [7, 11) is 0. The minimum Gasteiger partial charge on any atom is -0.481 e. The lowest BCUT2D eigenvalue weighted by molar-refractivity contribution is -0.137. The number of ether oxygens (including phenoxy) is 1. The molecule has 2 fully saturated rings. The van der Waals surface area contributed by atoms with Crippen LogP contribution in [0.15, 0.2) is 12.2 Å². The summed E-state index contributed by atoms with van der Waals surface area (Å²) < 4.78 is 5.87. The molecule has 5 heteroatoms. The molecule has 3 N–H and O–H groups in total. The second-order valence-corrected chi connectivity index (χ2v) is 8.70. The lowest BCUT2D eigenvalue weighted by atomic mass is 9.90. The maximum Gasteiger partial charge on any atom is 0.303 e. The smallest absolute Gasteiger partial charge is 0.303 e. The van der Waals surface area contributed by atoms with Gasteiger partial charge in [-0.1, -0.05) is 45.3 Å². The number of rotatable bonds is 12. The Labute approximate surface area is 163 Å². The van der Waals surface area contributed by atoms with Crippen molar-refractivity contribution in [3.05, 3.63) is 12.2 Å². The molecule has 27 heavy (non-hydrogen) atoms. The lowest BCUT2D eigenvalue weighted by Gasteiger charge is -2.20. The maximum atomic E-state index is 10.6. The number of unbranched alkanes of at least 4 members (excludes halogenated alkanes) is 1. The zero-order chi connectivity index (χ0) is 19.8. The lowest BCUT2D eigenvalue weighted by Crippen LogP contribution is -2.20. The van der Waals surface area contributed by atoms with Gasteiger partial charge in [-0.25, -0.2) is 0 Å². The first-order valence-electron chi connectivity index (χ1n) is 10.8. The molecule has 0 saturated heterocycles. The molecule has 7 atom stereocenters. The predicted octanol–water partition coefficient (Wildman–Crippen LogP) is 3.78. The molecule has 0 aromatic rings. The van der Waals surface area contributed by atoms with E-state index in [1.54, 1.807) is 0 Å². The molecule has 0 radical (unpaired) electrons. The number of aliphatic hydroxyl groups is 2. The Balaban J connectivity index is 1.77. The average molecular weight is 383 g/mol. The third-order valence-corrected chi connectivity index (χ3v) is 6.33. The fourth-order valence-corrected chi connectivity index (χ4v) is 4.90. The van der Waals surface area contributed by atoms with Crippen LogP contribution < -0.4 is 0 Å². The average Bonchev–Trinajstić information content (AvgIpc) is 3.11. The predicted molar refractivity (Wildman–Crippen MR) is 105 cm³/mol. The van der Waals surface area contributed by atoms with Crippen molar-refractivity contribution in [3.8, 4) is 0 Å². The molecule has 2 aliphatic rings. The molecule has 2 aliphatic carbocycles. The van der Waals surface area contributed by atoms with E-state index < -0.39 is 12.1 Å². The van der Waals surface area contributed by atoms with Gasteiger partial charge in [-0.2, -0.15) is 0 Å². The van der Waals surface area contributed by atoms with Crippen LogP contribution in [0.2, 0.25) is 0 Å². The van der Waals surface area contributed by atoms with E-state index in [4.69, 9.17) is 9.84 Å². The Hall–Kier alpha value is -0.910. The SMILES string of the molecule is CCCCC(C)CC(O)C=C[C@H]1[C@@H]2CC(OCCCC(=O)O)C[C@H]2C[C@@H]1O. The normalized spacial score (nSPS) is 32.7. The van der Waals surface area contributed by atoms with Crippen LogP contribution >= 0.6 is 0 Å². The van der Waals surface area contributed by atoms with Gasteiger partial charge in [0.2, 0.25) is 0 Å². The summed E-state index contributed by atoms with van der Waals surface area (Å²) in [5.41, 5.74) is 0. The van der Waals surface area contributed by atoms with E-state index in [2.05, 4.69) is 13.8 Å². The number of carbonyl (C=O) groups is 1. The fraction of sp³-hybridized carbons (Fsp3) is 0.864. The number of aliphatic carboxylic acids is 1. The molecule has 0 aromatic heterocycles. The molecule has 0 aliphatic heterocycles. The van der Waals surface area contributed by atoms with E-state index in [0.717, 1.165) is 32.1 Å². The Morgan fingerprint density at radius 1 is 1.26 bits per heavy atom. The van der Waals surface area contributed by atoms with Gasteiger partial charge in [-0.3, -0.25) is 4.79 Å². The summed E-state index contributed by atoms with van der Waals surface area (Å²) >= 11 is 0. The van der Waals surface area contributed by atoms with Crippen molar-refractivity contribution in [2.24, 2.45) is 23.7 Å². The van der Waals surface area contributed by atoms with Gasteiger partial charge in [-0.05, 0) is 49.9 Å². The van der Waals surface area contributed by atoms with Crippen LogP contribution in [0.5, 0.6) is 0 Å². The van der Waals surface area contributed by atoms with Crippen LogP contribution in [0.3, 0.4) is 0 Å². The van der Waals surface area contributed by atoms with Crippen LogP contribution in [-0.2, 0) is 9.53 Å². The van der Waals surface area contributed by atoms with Gasteiger partial charge >= 0.3 is 5.97 Å². The highest BCUT2D eigenvalue weighted by atomic mass is 16.5. The van der Waals surface area contributed by atoms with Gasteiger partial charge in [0.15, 0.2) is 0 Å². The number of fused-ring (bicyclic) bond motifs is 1. The van der Waals surface area contributed by atoms with Crippen molar-refractivity contribution in [2.75, 3.05) is 6.61 Å². The van der Waals surface area contributed by atoms with Gasteiger partial charge in [0.1, 0.15) is 0 Å². The number of hydrogen-bond acceptors (Lipinski definition) is 4. The number of carboxylic acids is 1. The van der Waals surface area contributed by atoms with Crippen molar-refractivity contribution >= 4 is 5.97 Å². The van der Waals surface area contributed by atoms with Gasteiger partial charge < -0.3 is 20.1 Å². The molecule has 2 saturated carbocycles. The highest BCUT2D eigenvalue weighted by Crippen LogP contribution is 2.49. The topological polar surface area (TPSA) is 87.0 Å². The molecule has 0 heterocycles. The molecule has 156 valence electrons. The third-order valence-electron chi connectivity index (χ3n) is 6.33. The monoisotopic (exact) mass is 382 g/mol. The number of hydrogen-bond donors (Lipinski definition) is 3. The van der Waals surface area contributed by atoms with Crippen LogP contribution in [0, 0.1) is 23.7 Å². The van der Waals surface area contributed by atoms with Crippen molar-refractivity contribution in [3.63, 3.8) is 0 Å². The first-order valence-corrected chi connectivity index (χ1v) is 10.8. The molecule has 3 unspecified atom stereocenters. The van der Waals surface area contributed by atoms with Gasteiger partial charge in [0.25, 0.3) is 0 Å². The van der Waals surface area contributed by atoms with Crippen molar-refractivity contribution < 1.29 is 24.9 Å². The third kappa shape index (κ3) is 7.20. The van der Waals surface area contributed by atoms with E-state index in [0.29, 0.717) is 30.8 Å². The number of aliphatic hydroxyl groups excluding tert-OH is 2. The Kier molecular flexibility index (Phi) is 9.27. The Morgan fingerprint density at radius 3 is 2.74 bits per heavy atom. The van der Waals surface area contributed by atoms with E-state index in [1.165, 1.54) is 12.8 Å². The summed E-state index contributed by atoms with van der Waals surface area (Å²) in [4.78, 5) is 10.6. The van der Waals surface area contributed by atoms with Gasteiger partial charge in [0.05, 0.1) is 18.3 Å². The summed E-state index contributed by atoms with van der Waals surface area (Å²) in [5, 5.41) is 29.4. The first kappa shape index (κ1) is 22.4. The largest absolute Gasteiger partial charge is 0.481 e. The summed E-state index contributed by atoms with van der Waals surface area (Å²) in [6.45, 7) is 4.87. The standard InChI is InChI=1S/C22H38O5/c1-3-4-6-15(2)11-17(23)8-9-19-20-14-18(12-16(20)13-21(19)24)27-10-5-7-22(25)26/h8-9,15-21,23-24H,3-7,10-14H2,1-2H3,(H,25,26)/t15?,16-,17?,18?,19-,20+,21-/m0/s1. The summed E-state index contributed by atoms with van der Waals surface area (Å²) in [6.07, 6.45) is 11.1. The molecular formula is C22H38O5. The molecule has 5 nitrogen and oxygen atoms in total. The van der Waals surface area contributed by atoms with E-state index in [1.807, 2.05) is 12.2 Å². The second-order valence-electron chi connectivity index (χ2n) is 8.70. The quantitative estimate of drug-likeness (QED) is 0.353. The molecule has 0 spiro atoms. The van der Waals surface area contributed by atoms with Crippen LogP contribution in [0.4, 0.5) is 0 Å². The summed E-state index contributed by atoms with van der Waals surface area (Å²) in [6, 6.07) is 0. The Morgan fingerprint density at radius 2 is 2.04 bits per heavy atom. The second kappa shape index (κ2) is 11.2. The van der Waals surface area contributed by atoms with E-state index >= 15 is 0 Å². The zero-order valence-corrected chi connectivity index (χ0v) is 16.9. The highest BCUT2D eigenvalue weighted by molar-refractivity contribution is 5.66. The van der Waals surface area contributed by atoms with Crippen molar-refractivity contribution in [2.45, 2.75) is 89.9 Å². The summed E-state index contributed by atoms with van der Waals surface area (Å²) in [5.74, 6) is 0.715. The minimum absolute atomic E-state index is 0.100. The molecule has 0 bridgehead atoms. The first-order chi connectivity index (χ1) is 12.9. The van der Waals surface area contributed by atoms with Crippen LogP contribution in [-0.4, -0.2) is 46.2 Å². The molecule has 2 rings (SSSR count). The highest BCUT2D eigenvalue weighted by Gasteiger charge is 2.47. The Bertz CT molecular complexity index is 477. The van der Waals surface area contributed by atoms with Gasteiger partial charge in [-0.15, -0.1) is 0 Å². The zero-order valence-electron chi connectivity index (χ0n) is 16.9. The van der Waals surface area contributed by atoms with E-state index in [9.17, 15) is 15.0 Å². The molecular weight excluding hydrogens is 344 g/mol. The van der Waals surface area contributed by atoms with Crippen LogP contribution in [0.1, 0.15) is 71.6 Å². The van der Waals surface area contributed by atoms with Gasteiger partial charge in [0, 0.05) is 18.9 Å².